The minimum atomic E-state index is -0.327. The van der Waals surface area contributed by atoms with Gasteiger partial charge in [-0.25, -0.2) is 0 Å². The predicted octanol–water partition coefficient (Wildman–Crippen LogP) is 2.39. The summed E-state index contributed by atoms with van der Waals surface area (Å²) in [6, 6.07) is 9.78. The van der Waals surface area contributed by atoms with Crippen molar-refractivity contribution in [1.29, 1.82) is 0 Å². The molecule has 0 radical (unpaired) electrons. The van der Waals surface area contributed by atoms with Crippen LogP contribution in [-0.4, -0.2) is 17.5 Å². The van der Waals surface area contributed by atoms with Crippen LogP contribution in [0.4, 0.5) is 0 Å². The lowest BCUT2D eigenvalue weighted by atomic mass is 10.1. The molecular formula is C14H12ClNO3. The Morgan fingerprint density at radius 1 is 1.26 bits per heavy atom. The third-order valence-corrected chi connectivity index (χ3v) is 2.94. The van der Waals surface area contributed by atoms with Gasteiger partial charge in [-0.2, -0.15) is 0 Å². The highest BCUT2D eigenvalue weighted by atomic mass is 35.5. The first-order valence-corrected chi connectivity index (χ1v) is 6.02. The molecule has 1 aromatic carbocycles. The van der Waals surface area contributed by atoms with E-state index in [0.717, 1.165) is 0 Å². The average molecular weight is 278 g/mol. The molecule has 2 rings (SSSR count). The van der Waals surface area contributed by atoms with E-state index >= 15 is 0 Å². The van der Waals surface area contributed by atoms with Crippen LogP contribution < -0.4 is 10.3 Å². The first-order valence-electron chi connectivity index (χ1n) is 5.64. The maximum Gasteiger partial charge on any atom is 0.293 e. The molecule has 0 atom stereocenters. The molecule has 0 spiro atoms. The number of hydrogen-bond donors (Lipinski definition) is 0. The molecular weight excluding hydrogens is 266 g/mol. The molecule has 0 saturated heterocycles. The van der Waals surface area contributed by atoms with Crippen molar-refractivity contribution in [1.82, 2.24) is 4.57 Å². The predicted molar refractivity (Wildman–Crippen MR) is 73.0 cm³/mol. The van der Waals surface area contributed by atoms with Crippen LogP contribution in [0.15, 0.2) is 47.4 Å². The van der Waals surface area contributed by atoms with Crippen LogP contribution in [0.1, 0.15) is 10.4 Å². The third-order valence-electron chi connectivity index (χ3n) is 2.69. The molecule has 19 heavy (non-hydrogen) atoms. The summed E-state index contributed by atoms with van der Waals surface area (Å²) in [5.41, 5.74) is 0.187. The van der Waals surface area contributed by atoms with Gasteiger partial charge in [-0.05, 0) is 36.4 Å². The van der Waals surface area contributed by atoms with Crippen LogP contribution in [0.25, 0.3) is 0 Å². The minimum absolute atomic E-state index is 0.0301. The van der Waals surface area contributed by atoms with E-state index in [2.05, 4.69) is 0 Å². The van der Waals surface area contributed by atoms with Gasteiger partial charge in [0.2, 0.25) is 0 Å². The highest BCUT2D eigenvalue weighted by molar-refractivity contribution is 6.30. The van der Waals surface area contributed by atoms with Crippen molar-refractivity contribution in [2.75, 3.05) is 7.11 Å². The number of methoxy groups -OCH3 is 1. The van der Waals surface area contributed by atoms with Crippen molar-refractivity contribution in [2.24, 2.45) is 0 Å². The summed E-state index contributed by atoms with van der Waals surface area (Å²) in [6.45, 7) is -0.0301. The molecule has 0 N–H and O–H groups in total. The standard InChI is InChI=1S/C14H12ClNO3/c1-19-13-3-2-8-16(14(13)18)9-12(17)10-4-6-11(15)7-5-10/h2-8H,9H2,1H3. The van der Waals surface area contributed by atoms with Gasteiger partial charge >= 0.3 is 0 Å². The Hall–Kier alpha value is -2.07. The summed E-state index contributed by atoms with van der Waals surface area (Å²) >= 11 is 5.76. The van der Waals surface area contributed by atoms with Crippen molar-refractivity contribution in [2.45, 2.75) is 6.54 Å². The monoisotopic (exact) mass is 277 g/mol. The van der Waals surface area contributed by atoms with Crippen LogP contribution in [-0.2, 0) is 6.54 Å². The summed E-state index contributed by atoms with van der Waals surface area (Å²) in [7, 11) is 1.42. The number of rotatable bonds is 4. The molecule has 0 fully saturated rings. The van der Waals surface area contributed by atoms with Crippen molar-refractivity contribution < 1.29 is 9.53 Å². The minimum Gasteiger partial charge on any atom is -0.491 e. The van der Waals surface area contributed by atoms with Gasteiger partial charge in [0.15, 0.2) is 11.5 Å². The van der Waals surface area contributed by atoms with E-state index in [4.69, 9.17) is 16.3 Å². The normalized spacial score (nSPS) is 10.2. The number of nitrogens with zero attached hydrogens (tertiary/aromatic N) is 1. The van der Waals surface area contributed by atoms with E-state index in [1.807, 2.05) is 0 Å². The Kier molecular flexibility index (Phi) is 4.02. The number of pyridine rings is 1. The molecule has 0 amide bonds. The number of carbonyl (C=O) groups excluding carboxylic acids is 1. The van der Waals surface area contributed by atoms with E-state index in [9.17, 15) is 9.59 Å². The van der Waals surface area contributed by atoms with Gasteiger partial charge in [0.05, 0.1) is 13.7 Å². The van der Waals surface area contributed by atoms with Crippen LogP contribution in [0.2, 0.25) is 5.02 Å². The highest BCUT2D eigenvalue weighted by Crippen LogP contribution is 2.10. The maximum atomic E-state index is 12.0. The summed E-state index contributed by atoms with van der Waals surface area (Å²) in [4.78, 5) is 23.9. The number of benzene rings is 1. The Balaban J connectivity index is 2.24. The number of carbonyl (C=O) groups is 1. The van der Waals surface area contributed by atoms with Crippen LogP contribution in [0.3, 0.4) is 0 Å². The quantitative estimate of drug-likeness (QED) is 0.806. The zero-order chi connectivity index (χ0) is 13.8. The fourth-order valence-corrected chi connectivity index (χ4v) is 1.80. The third kappa shape index (κ3) is 3.03. The Morgan fingerprint density at radius 3 is 2.58 bits per heavy atom. The fourth-order valence-electron chi connectivity index (χ4n) is 1.68. The first-order chi connectivity index (χ1) is 9.11. The van der Waals surface area contributed by atoms with Gasteiger partial charge in [-0.15, -0.1) is 0 Å². The zero-order valence-electron chi connectivity index (χ0n) is 10.3. The lowest BCUT2D eigenvalue weighted by molar-refractivity contribution is 0.0970. The molecule has 0 aliphatic rings. The van der Waals surface area contributed by atoms with Gasteiger partial charge in [0.1, 0.15) is 0 Å². The van der Waals surface area contributed by atoms with Gasteiger partial charge in [-0.3, -0.25) is 9.59 Å². The molecule has 2 aromatic rings. The first kappa shape index (κ1) is 13.4. The van der Waals surface area contributed by atoms with Gasteiger partial charge < -0.3 is 9.30 Å². The number of ketones is 1. The molecule has 0 saturated carbocycles. The number of Topliss-reactive ketones (excluding diaryl/α,β-unsaturated/α-hetero) is 1. The smallest absolute Gasteiger partial charge is 0.293 e. The largest absolute Gasteiger partial charge is 0.491 e. The average Bonchev–Trinajstić information content (AvgIpc) is 2.42. The molecule has 0 aliphatic carbocycles. The summed E-state index contributed by atoms with van der Waals surface area (Å²) in [5, 5.41) is 0.565. The van der Waals surface area contributed by atoms with Gasteiger partial charge in [0.25, 0.3) is 5.56 Å². The van der Waals surface area contributed by atoms with Crippen LogP contribution in [0, 0.1) is 0 Å². The molecule has 1 heterocycles. The number of halogens is 1. The summed E-state index contributed by atoms with van der Waals surface area (Å²) in [5.74, 6) is 0.0541. The number of ether oxygens (including phenoxy) is 1. The zero-order valence-corrected chi connectivity index (χ0v) is 11.1. The van der Waals surface area contributed by atoms with Crippen molar-refractivity contribution in [3.8, 4) is 5.75 Å². The summed E-state index contributed by atoms with van der Waals surface area (Å²) in [6.07, 6.45) is 1.55. The topological polar surface area (TPSA) is 48.3 Å². The molecule has 0 unspecified atom stereocenters. The Bertz CT molecular complexity index is 646. The fraction of sp³-hybridized carbons (Fsp3) is 0.143. The number of aromatic nitrogens is 1. The lowest BCUT2D eigenvalue weighted by Gasteiger charge is -2.07. The molecule has 98 valence electrons. The van der Waals surface area contributed by atoms with Crippen molar-refractivity contribution >= 4 is 17.4 Å². The molecule has 5 heteroatoms. The van der Waals surface area contributed by atoms with E-state index in [0.29, 0.717) is 10.6 Å². The van der Waals surface area contributed by atoms with Crippen LogP contribution in [0.5, 0.6) is 5.75 Å². The lowest BCUT2D eigenvalue weighted by Crippen LogP contribution is -2.24. The molecule has 0 bridgehead atoms. The van der Waals surface area contributed by atoms with E-state index in [1.165, 1.54) is 11.7 Å². The van der Waals surface area contributed by atoms with Gasteiger partial charge in [-0.1, -0.05) is 11.6 Å². The van der Waals surface area contributed by atoms with E-state index < -0.39 is 0 Å². The molecule has 0 aliphatic heterocycles. The van der Waals surface area contributed by atoms with Crippen LogP contribution >= 0.6 is 11.6 Å². The second kappa shape index (κ2) is 5.71. The number of hydrogen-bond acceptors (Lipinski definition) is 3. The highest BCUT2D eigenvalue weighted by Gasteiger charge is 2.09. The molecule has 1 aromatic heterocycles. The second-order valence-corrected chi connectivity index (χ2v) is 4.38. The Labute approximate surface area is 115 Å². The van der Waals surface area contributed by atoms with Crippen molar-refractivity contribution in [3.05, 3.63) is 63.5 Å². The van der Waals surface area contributed by atoms with Crippen molar-refractivity contribution in [3.63, 3.8) is 0 Å². The van der Waals surface area contributed by atoms with E-state index in [-0.39, 0.29) is 23.6 Å². The van der Waals surface area contributed by atoms with Gasteiger partial charge in [0, 0.05) is 16.8 Å². The SMILES string of the molecule is COc1cccn(CC(=O)c2ccc(Cl)cc2)c1=O. The molecule has 4 nitrogen and oxygen atoms in total. The maximum absolute atomic E-state index is 12.0. The second-order valence-electron chi connectivity index (χ2n) is 3.94. The van der Waals surface area contributed by atoms with E-state index in [1.54, 1.807) is 42.6 Å². The summed E-state index contributed by atoms with van der Waals surface area (Å²) < 4.78 is 6.24. The Morgan fingerprint density at radius 2 is 1.95 bits per heavy atom.